The first-order valence-corrected chi connectivity index (χ1v) is 8.34. The van der Waals surface area contributed by atoms with E-state index in [0.717, 1.165) is 22.9 Å². The summed E-state index contributed by atoms with van der Waals surface area (Å²) < 4.78 is 0. The molecule has 3 aromatic carbocycles. The van der Waals surface area contributed by atoms with E-state index in [1.807, 2.05) is 36.4 Å². The minimum absolute atomic E-state index is 0.0231. The monoisotopic (exact) mass is 316 g/mol. The third-order valence-electron chi connectivity index (χ3n) is 4.73. The zero-order valence-corrected chi connectivity index (χ0v) is 13.7. The SMILES string of the molecule is C[C@H]1Cc2ccccc2N1CC(=O)Nc1cccc2ccccc12. The summed E-state index contributed by atoms with van der Waals surface area (Å²) in [6.45, 7) is 2.55. The van der Waals surface area contributed by atoms with Gasteiger partial charge in [-0.15, -0.1) is 0 Å². The molecule has 1 amide bonds. The molecule has 0 aromatic heterocycles. The summed E-state index contributed by atoms with van der Waals surface area (Å²) in [5.41, 5.74) is 3.37. The van der Waals surface area contributed by atoms with E-state index < -0.39 is 0 Å². The second-order valence-electron chi connectivity index (χ2n) is 6.38. The maximum Gasteiger partial charge on any atom is 0.243 e. The van der Waals surface area contributed by atoms with Gasteiger partial charge in [0.25, 0.3) is 0 Å². The average molecular weight is 316 g/mol. The van der Waals surface area contributed by atoms with Crippen LogP contribution in [-0.2, 0) is 11.2 Å². The maximum atomic E-state index is 12.6. The van der Waals surface area contributed by atoms with E-state index in [2.05, 4.69) is 47.5 Å². The van der Waals surface area contributed by atoms with Crippen molar-refractivity contribution in [1.29, 1.82) is 0 Å². The molecule has 3 aromatic rings. The van der Waals surface area contributed by atoms with Crippen molar-refractivity contribution in [3.05, 3.63) is 72.3 Å². The van der Waals surface area contributed by atoms with Crippen molar-refractivity contribution in [3.63, 3.8) is 0 Å². The van der Waals surface area contributed by atoms with E-state index >= 15 is 0 Å². The van der Waals surface area contributed by atoms with E-state index in [9.17, 15) is 4.79 Å². The van der Waals surface area contributed by atoms with Crippen LogP contribution in [0.4, 0.5) is 11.4 Å². The van der Waals surface area contributed by atoms with Gasteiger partial charge < -0.3 is 10.2 Å². The molecular weight excluding hydrogens is 296 g/mol. The first-order valence-electron chi connectivity index (χ1n) is 8.34. The number of benzene rings is 3. The predicted octanol–water partition coefficient (Wildman–Crippen LogP) is 4.23. The molecule has 0 radical (unpaired) electrons. The smallest absolute Gasteiger partial charge is 0.243 e. The Kier molecular flexibility index (Phi) is 3.69. The van der Waals surface area contributed by atoms with Gasteiger partial charge in [-0.25, -0.2) is 0 Å². The van der Waals surface area contributed by atoms with Crippen LogP contribution in [0.2, 0.25) is 0 Å². The Hall–Kier alpha value is -2.81. The molecule has 0 bridgehead atoms. The molecule has 0 saturated carbocycles. The van der Waals surface area contributed by atoms with E-state index in [4.69, 9.17) is 0 Å². The lowest BCUT2D eigenvalue weighted by atomic mass is 10.1. The highest BCUT2D eigenvalue weighted by atomic mass is 16.2. The molecule has 4 rings (SSSR count). The number of nitrogens with one attached hydrogen (secondary N) is 1. The van der Waals surface area contributed by atoms with Gasteiger partial charge in [-0.2, -0.15) is 0 Å². The molecule has 1 heterocycles. The van der Waals surface area contributed by atoms with Gasteiger partial charge in [0.05, 0.1) is 6.54 Å². The van der Waals surface area contributed by atoms with Crippen molar-refractivity contribution in [2.24, 2.45) is 0 Å². The molecule has 3 nitrogen and oxygen atoms in total. The summed E-state index contributed by atoms with van der Waals surface area (Å²) in [6.07, 6.45) is 0.998. The summed E-state index contributed by atoms with van der Waals surface area (Å²) in [5, 5.41) is 5.29. The molecule has 1 N–H and O–H groups in total. The number of carbonyl (C=O) groups excluding carboxylic acids is 1. The summed E-state index contributed by atoms with van der Waals surface area (Å²) in [5.74, 6) is 0.0231. The Balaban J connectivity index is 1.55. The largest absolute Gasteiger partial charge is 0.359 e. The van der Waals surface area contributed by atoms with Crippen LogP contribution in [0, 0.1) is 0 Å². The highest BCUT2D eigenvalue weighted by Crippen LogP contribution is 2.31. The van der Waals surface area contributed by atoms with Crippen LogP contribution in [0.1, 0.15) is 12.5 Å². The number of carbonyl (C=O) groups is 1. The first kappa shape index (κ1) is 14.8. The molecule has 0 spiro atoms. The molecule has 24 heavy (non-hydrogen) atoms. The van der Waals surface area contributed by atoms with Crippen molar-refractivity contribution in [2.45, 2.75) is 19.4 Å². The van der Waals surface area contributed by atoms with Crippen molar-refractivity contribution in [1.82, 2.24) is 0 Å². The summed E-state index contributed by atoms with van der Waals surface area (Å²) >= 11 is 0. The standard InChI is InChI=1S/C21H20N2O/c1-15-13-17-8-3-5-12-20(17)23(15)14-21(24)22-19-11-6-9-16-7-2-4-10-18(16)19/h2-12,15H,13-14H2,1H3,(H,22,24)/t15-/m0/s1. The fourth-order valence-corrected chi connectivity index (χ4v) is 3.55. The molecule has 1 aliphatic rings. The molecule has 0 fully saturated rings. The quantitative estimate of drug-likeness (QED) is 0.784. The lowest BCUT2D eigenvalue weighted by molar-refractivity contribution is -0.115. The fourth-order valence-electron chi connectivity index (χ4n) is 3.55. The normalized spacial score (nSPS) is 16.2. The average Bonchev–Trinajstić information content (AvgIpc) is 2.91. The zero-order chi connectivity index (χ0) is 16.5. The number of rotatable bonds is 3. The topological polar surface area (TPSA) is 32.3 Å². The van der Waals surface area contributed by atoms with E-state index in [1.165, 1.54) is 11.3 Å². The van der Waals surface area contributed by atoms with Crippen molar-refractivity contribution in [2.75, 3.05) is 16.8 Å². The number of para-hydroxylation sites is 1. The lowest BCUT2D eigenvalue weighted by Gasteiger charge is -2.24. The number of anilines is 2. The zero-order valence-electron chi connectivity index (χ0n) is 13.7. The molecule has 0 saturated heterocycles. The van der Waals surface area contributed by atoms with Gasteiger partial charge in [-0.3, -0.25) is 4.79 Å². The van der Waals surface area contributed by atoms with Gasteiger partial charge in [0, 0.05) is 22.8 Å². The number of fused-ring (bicyclic) bond motifs is 2. The Morgan fingerprint density at radius 1 is 1.04 bits per heavy atom. The van der Waals surface area contributed by atoms with Crippen LogP contribution >= 0.6 is 0 Å². The Morgan fingerprint density at radius 2 is 1.79 bits per heavy atom. The number of hydrogen-bond donors (Lipinski definition) is 1. The number of hydrogen-bond acceptors (Lipinski definition) is 2. The van der Waals surface area contributed by atoms with E-state index in [-0.39, 0.29) is 5.91 Å². The second kappa shape index (κ2) is 6.00. The van der Waals surface area contributed by atoms with Crippen LogP contribution in [0.25, 0.3) is 10.8 Å². The Bertz CT molecular complexity index is 898. The van der Waals surface area contributed by atoms with Crippen molar-refractivity contribution in [3.8, 4) is 0 Å². The van der Waals surface area contributed by atoms with Crippen LogP contribution in [0.15, 0.2) is 66.7 Å². The highest BCUT2D eigenvalue weighted by molar-refractivity contribution is 6.03. The fraction of sp³-hybridized carbons (Fsp3) is 0.190. The molecular formula is C21H20N2O. The predicted molar refractivity (Wildman–Crippen MR) is 99.5 cm³/mol. The van der Waals surface area contributed by atoms with Gasteiger partial charge in [-0.1, -0.05) is 54.6 Å². The molecule has 1 atom stereocenters. The third-order valence-corrected chi connectivity index (χ3v) is 4.73. The molecule has 3 heteroatoms. The lowest BCUT2D eigenvalue weighted by Crippen LogP contribution is -2.37. The van der Waals surface area contributed by atoms with Crippen LogP contribution in [0.5, 0.6) is 0 Å². The molecule has 0 aliphatic carbocycles. The Morgan fingerprint density at radius 3 is 2.71 bits per heavy atom. The third kappa shape index (κ3) is 2.62. The van der Waals surface area contributed by atoms with Crippen LogP contribution < -0.4 is 10.2 Å². The summed E-state index contributed by atoms with van der Waals surface area (Å²) in [6, 6.07) is 22.8. The van der Waals surface area contributed by atoms with Gasteiger partial charge in [0.1, 0.15) is 0 Å². The van der Waals surface area contributed by atoms with Gasteiger partial charge in [0.2, 0.25) is 5.91 Å². The van der Waals surface area contributed by atoms with Gasteiger partial charge in [0.15, 0.2) is 0 Å². The second-order valence-corrected chi connectivity index (χ2v) is 6.38. The van der Waals surface area contributed by atoms with E-state index in [1.54, 1.807) is 0 Å². The van der Waals surface area contributed by atoms with Crippen molar-refractivity contribution >= 4 is 28.1 Å². The molecule has 0 unspecified atom stereocenters. The number of nitrogens with zero attached hydrogens (tertiary/aromatic N) is 1. The Labute approximate surface area is 141 Å². The van der Waals surface area contributed by atoms with Gasteiger partial charge >= 0.3 is 0 Å². The minimum Gasteiger partial charge on any atom is -0.359 e. The summed E-state index contributed by atoms with van der Waals surface area (Å²) in [4.78, 5) is 14.8. The molecule has 120 valence electrons. The van der Waals surface area contributed by atoms with Crippen LogP contribution in [0.3, 0.4) is 0 Å². The number of amides is 1. The van der Waals surface area contributed by atoms with Gasteiger partial charge in [-0.05, 0) is 36.4 Å². The molecule has 1 aliphatic heterocycles. The summed E-state index contributed by atoms with van der Waals surface area (Å²) in [7, 11) is 0. The van der Waals surface area contributed by atoms with E-state index in [0.29, 0.717) is 12.6 Å². The van der Waals surface area contributed by atoms with Crippen LogP contribution in [-0.4, -0.2) is 18.5 Å². The highest BCUT2D eigenvalue weighted by Gasteiger charge is 2.27. The van der Waals surface area contributed by atoms with Crippen molar-refractivity contribution < 1.29 is 4.79 Å². The maximum absolute atomic E-state index is 12.6. The minimum atomic E-state index is 0.0231. The first-order chi connectivity index (χ1) is 11.7.